The largest absolute Gasteiger partial charge is 0.478 e. The molecule has 176 valence electrons. The Morgan fingerprint density at radius 1 is 1.00 bits per heavy atom. The number of hydrogen-bond acceptors (Lipinski definition) is 3. The van der Waals surface area contributed by atoms with E-state index in [1.54, 1.807) is 12.1 Å². The van der Waals surface area contributed by atoms with Gasteiger partial charge in [-0.2, -0.15) is 0 Å². The standard InChI is InChI=1S/C17H24O2.C9H10O2.C2H6/c1-2-3-4-7-16(18)14-11-9-13(10-12-14)15-6-5-8-17(15)19;1-2-7-3-5-8(6-4-7)9(10)11;1-2/h9-12,15-16,18H,2-8H2,1H3;3-6H,2H2,1H3,(H,10,11);1-2H3. The number of aliphatic hydroxyl groups is 1. The van der Waals surface area contributed by atoms with Gasteiger partial charge in [-0.15, -0.1) is 0 Å². The van der Waals surface area contributed by atoms with Crippen LogP contribution < -0.4 is 0 Å². The van der Waals surface area contributed by atoms with Crippen LogP contribution in [-0.4, -0.2) is 22.0 Å². The number of carboxylic acids is 1. The summed E-state index contributed by atoms with van der Waals surface area (Å²) in [5.41, 5.74) is 3.61. The lowest BCUT2D eigenvalue weighted by atomic mass is 9.94. The van der Waals surface area contributed by atoms with Gasteiger partial charge in [0.25, 0.3) is 0 Å². The van der Waals surface area contributed by atoms with Crippen LogP contribution in [-0.2, 0) is 11.2 Å². The van der Waals surface area contributed by atoms with E-state index < -0.39 is 5.97 Å². The van der Waals surface area contributed by atoms with Crippen molar-refractivity contribution in [3.8, 4) is 0 Å². The minimum atomic E-state index is -0.868. The maximum atomic E-state index is 11.7. The molecule has 2 atom stereocenters. The lowest BCUT2D eigenvalue weighted by Crippen LogP contribution is -2.05. The topological polar surface area (TPSA) is 74.6 Å². The molecule has 2 unspecified atom stereocenters. The Kier molecular flexibility index (Phi) is 13.2. The van der Waals surface area contributed by atoms with Gasteiger partial charge in [0, 0.05) is 12.3 Å². The molecule has 1 saturated carbocycles. The van der Waals surface area contributed by atoms with E-state index in [1.807, 2.05) is 57.2 Å². The number of unbranched alkanes of at least 4 members (excludes halogenated alkanes) is 2. The van der Waals surface area contributed by atoms with Gasteiger partial charge in [0.1, 0.15) is 5.78 Å². The molecule has 0 bridgehead atoms. The summed E-state index contributed by atoms with van der Waals surface area (Å²) in [6, 6.07) is 14.9. The quantitative estimate of drug-likeness (QED) is 0.429. The van der Waals surface area contributed by atoms with Crippen molar-refractivity contribution in [2.75, 3.05) is 0 Å². The first kappa shape index (κ1) is 27.6. The second-order valence-electron chi connectivity index (χ2n) is 7.95. The molecule has 4 heteroatoms. The molecule has 0 heterocycles. The molecular formula is C28H40O4. The second kappa shape index (κ2) is 15.4. The summed E-state index contributed by atoms with van der Waals surface area (Å²) in [4.78, 5) is 22.1. The molecule has 0 spiro atoms. The van der Waals surface area contributed by atoms with Crippen molar-refractivity contribution in [2.45, 2.75) is 91.1 Å². The highest BCUT2D eigenvalue weighted by atomic mass is 16.4. The van der Waals surface area contributed by atoms with E-state index in [0.29, 0.717) is 11.3 Å². The predicted molar refractivity (Wildman–Crippen MR) is 131 cm³/mol. The Morgan fingerprint density at radius 2 is 1.62 bits per heavy atom. The highest BCUT2D eigenvalue weighted by Gasteiger charge is 2.25. The van der Waals surface area contributed by atoms with Gasteiger partial charge in [-0.25, -0.2) is 4.79 Å². The molecule has 4 nitrogen and oxygen atoms in total. The van der Waals surface area contributed by atoms with Crippen LogP contribution in [0.1, 0.15) is 112 Å². The van der Waals surface area contributed by atoms with Crippen molar-refractivity contribution in [1.29, 1.82) is 0 Å². The van der Waals surface area contributed by atoms with E-state index in [4.69, 9.17) is 5.11 Å². The monoisotopic (exact) mass is 440 g/mol. The Morgan fingerprint density at radius 3 is 2.09 bits per heavy atom. The van der Waals surface area contributed by atoms with E-state index in [-0.39, 0.29) is 12.0 Å². The van der Waals surface area contributed by atoms with Crippen molar-refractivity contribution in [3.05, 3.63) is 70.8 Å². The van der Waals surface area contributed by atoms with Gasteiger partial charge in [-0.3, -0.25) is 4.79 Å². The number of aromatic carboxylic acids is 1. The number of carbonyl (C=O) groups is 2. The summed E-state index contributed by atoms with van der Waals surface area (Å²) in [7, 11) is 0. The normalized spacial score (nSPS) is 15.8. The van der Waals surface area contributed by atoms with Gasteiger partial charge in [0.15, 0.2) is 0 Å². The van der Waals surface area contributed by atoms with Crippen LogP contribution in [0.25, 0.3) is 0 Å². The third-order valence-electron chi connectivity index (χ3n) is 5.72. The smallest absolute Gasteiger partial charge is 0.335 e. The van der Waals surface area contributed by atoms with Gasteiger partial charge in [0.05, 0.1) is 11.7 Å². The summed E-state index contributed by atoms with van der Waals surface area (Å²) in [5.74, 6) is -0.393. The van der Waals surface area contributed by atoms with Crippen molar-refractivity contribution in [2.24, 2.45) is 0 Å². The summed E-state index contributed by atoms with van der Waals surface area (Å²) in [6.45, 7) is 8.20. The Labute approximate surface area is 193 Å². The third kappa shape index (κ3) is 8.96. The fraction of sp³-hybridized carbons (Fsp3) is 0.500. The maximum Gasteiger partial charge on any atom is 0.335 e. The fourth-order valence-corrected chi connectivity index (χ4v) is 3.76. The number of aryl methyl sites for hydroxylation is 1. The fourth-order valence-electron chi connectivity index (χ4n) is 3.76. The molecule has 2 N–H and O–H groups in total. The van der Waals surface area contributed by atoms with Crippen LogP contribution >= 0.6 is 0 Å². The van der Waals surface area contributed by atoms with E-state index in [0.717, 1.165) is 55.2 Å². The number of ketones is 1. The number of carbonyl (C=O) groups excluding carboxylic acids is 1. The molecule has 3 rings (SSSR count). The average molecular weight is 441 g/mol. The number of Topliss-reactive ketones (excluding diaryl/α,β-unsaturated/α-hetero) is 1. The van der Waals surface area contributed by atoms with Gasteiger partial charge < -0.3 is 10.2 Å². The SMILES string of the molecule is CC.CCCCCC(O)c1ccc(C2CCCC2=O)cc1.CCc1ccc(C(=O)O)cc1. The molecule has 1 fully saturated rings. The lowest BCUT2D eigenvalue weighted by Gasteiger charge is -2.13. The van der Waals surface area contributed by atoms with E-state index in [9.17, 15) is 14.7 Å². The zero-order valence-corrected chi connectivity index (χ0v) is 20.1. The first-order valence-electron chi connectivity index (χ1n) is 12.1. The zero-order valence-electron chi connectivity index (χ0n) is 20.1. The van der Waals surface area contributed by atoms with Crippen LogP contribution in [0.15, 0.2) is 48.5 Å². The average Bonchev–Trinajstić information content (AvgIpc) is 3.27. The number of aliphatic hydroxyl groups excluding tert-OH is 1. The molecule has 1 aliphatic rings. The Balaban J connectivity index is 0.000000335. The van der Waals surface area contributed by atoms with Gasteiger partial charge in [-0.05, 0) is 54.5 Å². The molecule has 0 aliphatic heterocycles. The van der Waals surface area contributed by atoms with Crippen LogP contribution in [0, 0.1) is 0 Å². The van der Waals surface area contributed by atoms with Crippen LogP contribution in [0.5, 0.6) is 0 Å². The van der Waals surface area contributed by atoms with Crippen molar-refractivity contribution in [1.82, 2.24) is 0 Å². The molecule has 0 saturated heterocycles. The highest BCUT2D eigenvalue weighted by Crippen LogP contribution is 2.32. The maximum absolute atomic E-state index is 11.7. The molecule has 0 aromatic heterocycles. The number of hydrogen-bond donors (Lipinski definition) is 2. The van der Waals surface area contributed by atoms with Gasteiger partial charge in [0.2, 0.25) is 0 Å². The number of rotatable bonds is 8. The number of benzene rings is 2. The summed E-state index contributed by atoms with van der Waals surface area (Å²) < 4.78 is 0. The Bertz CT molecular complexity index is 793. The van der Waals surface area contributed by atoms with Crippen molar-refractivity contribution < 1.29 is 19.8 Å². The minimum Gasteiger partial charge on any atom is -0.478 e. The minimum absolute atomic E-state index is 0.103. The first-order valence-corrected chi connectivity index (χ1v) is 12.1. The molecule has 32 heavy (non-hydrogen) atoms. The van der Waals surface area contributed by atoms with Crippen LogP contribution in [0.2, 0.25) is 0 Å². The van der Waals surface area contributed by atoms with Gasteiger partial charge in [-0.1, -0.05) is 83.4 Å². The third-order valence-corrected chi connectivity index (χ3v) is 5.72. The summed E-state index contributed by atoms with van der Waals surface area (Å²) >= 11 is 0. The van der Waals surface area contributed by atoms with E-state index in [1.165, 1.54) is 12.8 Å². The first-order chi connectivity index (χ1) is 15.5. The van der Waals surface area contributed by atoms with Crippen LogP contribution in [0.3, 0.4) is 0 Å². The molecule has 1 aliphatic carbocycles. The van der Waals surface area contributed by atoms with Crippen molar-refractivity contribution >= 4 is 11.8 Å². The van der Waals surface area contributed by atoms with Crippen molar-refractivity contribution in [3.63, 3.8) is 0 Å². The molecular weight excluding hydrogens is 400 g/mol. The second-order valence-corrected chi connectivity index (χ2v) is 7.95. The molecule has 0 amide bonds. The summed E-state index contributed by atoms with van der Waals surface area (Å²) in [5, 5.41) is 18.6. The zero-order chi connectivity index (χ0) is 23.9. The number of carboxylic acid groups (broad SMARTS) is 1. The van der Waals surface area contributed by atoms with E-state index >= 15 is 0 Å². The lowest BCUT2D eigenvalue weighted by molar-refractivity contribution is -0.118. The van der Waals surface area contributed by atoms with Crippen LogP contribution in [0.4, 0.5) is 0 Å². The van der Waals surface area contributed by atoms with E-state index in [2.05, 4.69) is 6.92 Å². The highest BCUT2D eigenvalue weighted by molar-refractivity contribution is 5.88. The molecule has 0 radical (unpaired) electrons. The molecule has 2 aromatic carbocycles. The summed E-state index contributed by atoms with van der Waals surface area (Å²) in [6.07, 6.45) is 7.56. The molecule has 2 aromatic rings. The Hall–Kier alpha value is -2.46. The van der Waals surface area contributed by atoms with Gasteiger partial charge >= 0.3 is 5.97 Å². The predicted octanol–water partition coefficient (Wildman–Crippen LogP) is 7.11.